The maximum atomic E-state index is 13.4. The van der Waals surface area contributed by atoms with Crippen LogP contribution in [0.25, 0.3) is 6.08 Å². The molecule has 0 saturated carbocycles. The van der Waals surface area contributed by atoms with E-state index < -0.39 is 0 Å². The lowest BCUT2D eigenvalue weighted by Gasteiger charge is -2.19. The normalized spacial score (nSPS) is 16.5. The number of amides is 2. The van der Waals surface area contributed by atoms with Gasteiger partial charge in [-0.2, -0.15) is 0 Å². The van der Waals surface area contributed by atoms with Gasteiger partial charge in [0.05, 0.1) is 11.4 Å². The van der Waals surface area contributed by atoms with Crippen molar-refractivity contribution in [2.75, 3.05) is 23.7 Å². The monoisotopic (exact) mass is 497 g/mol. The Labute approximate surface area is 215 Å². The van der Waals surface area contributed by atoms with Crippen LogP contribution < -0.4 is 9.64 Å². The Morgan fingerprint density at radius 2 is 1.58 bits per heavy atom. The number of hydrogen-bond acceptors (Lipinski definition) is 5. The van der Waals surface area contributed by atoms with Gasteiger partial charge in [-0.15, -0.1) is 0 Å². The molecule has 2 amide bonds. The molecule has 1 fully saturated rings. The highest BCUT2D eigenvalue weighted by Gasteiger charge is 2.32. The van der Waals surface area contributed by atoms with Gasteiger partial charge in [-0.3, -0.25) is 14.5 Å². The van der Waals surface area contributed by atoms with Crippen LogP contribution in [0.15, 0.2) is 95.6 Å². The Morgan fingerprint density at radius 3 is 2.28 bits per heavy atom. The van der Waals surface area contributed by atoms with Crippen molar-refractivity contribution in [1.82, 2.24) is 4.90 Å². The summed E-state index contributed by atoms with van der Waals surface area (Å²) in [6.45, 7) is 2.11. The molecule has 36 heavy (non-hydrogen) atoms. The number of amidine groups is 1. The first kappa shape index (κ1) is 23.9. The van der Waals surface area contributed by atoms with Gasteiger partial charge in [-0.05, 0) is 54.3 Å². The van der Waals surface area contributed by atoms with Gasteiger partial charge in [-0.25, -0.2) is 4.99 Å². The fourth-order valence-electron chi connectivity index (χ4n) is 4.14. The second kappa shape index (κ2) is 11.3. The summed E-state index contributed by atoms with van der Waals surface area (Å²) in [4.78, 5) is 34.1. The number of carbonyl (C=O) groups is 2. The topological polar surface area (TPSA) is 62.2 Å². The van der Waals surface area contributed by atoms with Crippen LogP contribution in [0.5, 0.6) is 5.75 Å². The Hall–Kier alpha value is -3.84. The highest BCUT2D eigenvalue weighted by atomic mass is 32.2. The van der Waals surface area contributed by atoms with Crippen LogP contribution in [0.1, 0.15) is 24.0 Å². The molecule has 7 heteroatoms. The molecule has 0 spiro atoms. The van der Waals surface area contributed by atoms with Crippen molar-refractivity contribution in [2.24, 2.45) is 4.99 Å². The van der Waals surface area contributed by atoms with Gasteiger partial charge in [-0.1, -0.05) is 72.4 Å². The lowest BCUT2D eigenvalue weighted by atomic mass is 10.2. The number of nitrogens with zero attached hydrogens (tertiary/aromatic N) is 3. The van der Waals surface area contributed by atoms with Crippen molar-refractivity contribution in [3.8, 4) is 5.75 Å². The number of para-hydroxylation sites is 1. The Kier molecular flexibility index (Phi) is 7.47. The van der Waals surface area contributed by atoms with Crippen LogP contribution in [0.2, 0.25) is 0 Å². The largest absolute Gasteiger partial charge is 0.489 e. The summed E-state index contributed by atoms with van der Waals surface area (Å²) in [6, 6.07) is 27.0. The van der Waals surface area contributed by atoms with Crippen LogP contribution in [-0.2, 0) is 16.2 Å². The minimum Gasteiger partial charge on any atom is -0.489 e. The van der Waals surface area contributed by atoms with Crippen LogP contribution in [-0.4, -0.2) is 40.7 Å². The second-order valence-electron chi connectivity index (χ2n) is 8.62. The fraction of sp³-hybridized carbons (Fsp3) is 0.207. The third-order valence-electron chi connectivity index (χ3n) is 6.06. The minimum atomic E-state index is -0.207. The van der Waals surface area contributed by atoms with E-state index in [1.807, 2.05) is 89.8 Å². The first-order chi connectivity index (χ1) is 17.7. The predicted molar refractivity (Wildman–Crippen MR) is 145 cm³/mol. The zero-order valence-electron chi connectivity index (χ0n) is 19.9. The molecular formula is C29H27N3O3S. The van der Waals surface area contributed by atoms with Gasteiger partial charge in [0.25, 0.3) is 5.91 Å². The van der Waals surface area contributed by atoms with E-state index in [2.05, 4.69) is 4.99 Å². The summed E-state index contributed by atoms with van der Waals surface area (Å²) in [5.74, 6) is 0.895. The summed E-state index contributed by atoms with van der Waals surface area (Å²) < 4.78 is 5.86. The highest BCUT2D eigenvalue weighted by molar-refractivity contribution is 8.14. The molecule has 0 N–H and O–H groups in total. The predicted octanol–water partition coefficient (Wildman–Crippen LogP) is 5.36. The van der Waals surface area contributed by atoms with Crippen molar-refractivity contribution in [3.63, 3.8) is 0 Å². The van der Waals surface area contributed by atoms with E-state index in [4.69, 9.17) is 4.74 Å². The van der Waals surface area contributed by atoms with Gasteiger partial charge >= 0.3 is 0 Å². The summed E-state index contributed by atoms with van der Waals surface area (Å²) in [5.41, 5.74) is 3.02. The maximum absolute atomic E-state index is 13.4. The number of likely N-dealkylation sites (tertiary alicyclic amines) is 1. The zero-order chi connectivity index (χ0) is 24.7. The van der Waals surface area contributed by atoms with Crippen molar-refractivity contribution >= 4 is 40.5 Å². The molecule has 2 aliphatic rings. The van der Waals surface area contributed by atoms with Crippen molar-refractivity contribution in [3.05, 3.63) is 102 Å². The molecule has 0 bridgehead atoms. The van der Waals surface area contributed by atoms with Gasteiger partial charge in [0.15, 0.2) is 5.17 Å². The first-order valence-corrected chi connectivity index (χ1v) is 13.0. The molecule has 0 aromatic heterocycles. The van der Waals surface area contributed by atoms with Gasteiger partial charge < -0.3 is 9.64 Å². The minimum absolute atomic E-state index is 0.0872. The summed E-state index contributed by atoms with van der Waals surface area (Å²) in [7, 11) is 0. The van der Waals surface area contributed by atoms with E-state index in [0.717, 1.165) is 48.5 Å². The molecule has 5 rings (SSSR count). The third kappa shape index (κ3) is 5.69. The van der Waals surface area contributed by atoms with Crippen LogP contribution in [0.4, 0.5) is 5.69 Å². The number of carbonyl (C=O) groups excluding carboxylic acids is 2. The standard InChI is InChI=1S/C29H27N3O3S/c33-27(31-17-7-8-18-31)21-36-29-30-26(28(34)32(29)24-11-5-2-6-12-24)19-22-13-15-25(16-14-22)35-20-23-9-3-1-4-10-23/h1-6,9-16,19H,7-8,17-18,20-21H2/b26-19+. The number of thioether (sulfide) groups is 1. The molecule has 0 unspecified atom stereocenters. The number of anilines is 1. The molecule has 182 valence electrons. The average molecular weight is 498 g/mol. The number of hydrogen-bond donors (Lipinski definition) is 0. The van der Waals surface area contributed by atoms with E-state index in [9.17, 15) is 9.59 Å². The molecular weight excluding hydrogens is 470 g/mol. The second-order valence-corrected chi connectivity index (χ2v) is 9.56. The zero-order valence-corrected chi connectivity index (χ0v) is 20.7. The first-order valence-electron chi connectivity index (χ1n) is 12.0. The Bertz CT molecular complexity index is 1270. The van der Waals surface area contributed by atoms with E-state index in [-0.39, 0.29) is 17.6 Å². The number of ether oxygens (including phenoxy) is 1. The van der Waals surface area contributed by atoms with Gasteiger partial charge in [0, 0.05) is 13.1 Å². The van der Waals surface area contributed by atoms with Crippen molar-refractivity contribution in [1.29, 1.82) is 0 Å². The fourth-order valence-corrected chi connectivity index (χ4v) is 5.06. The molecule has 3 aromatic carbocycles. The van der Waals surface area contributed by atoms with E-state index >= 15 is 0 Å². The number of rotatable bonds is 7. The number of aliphatic imine (C=N–C) groups is 1. The van der Waals surface area contributed by atoms with Gasteiger partial charge in [0.1, 0.15) is 18.1 Å². The third-order valence-corrected chi connectivity index (χ3v) is 6.98. The lowest BCUT2D eigenvalue weighted by Crippen LogP contribution is -2.33. The SMILES string of the molecule is O=C(CSC1=N/C(=C/c2ccc(OCc3ccccc3)cc2)C(=O)N1c1ccccc1)N1CCCC1. The highest BCUT2D eigenvalue weighted by Crippen LogP contribution is 2.30. The molecule has 3 aromatic rings. The van der Waals surface area contributed by atoms with E-state index in [1.165, 1.54) is 11.8 Å². The van der Waals surface area contributed by atoms with Crippen molar-refractivity contribution in [2.45, 2.75) is 19.4 Å². The van der Waals surface area contributed by atoms with E-state index in [1.54, 1.807) is 11.0 Å². The molecule has 2 aliphatic heterocycles. The molecule has 2 heterocycles. The number of benzene rings is 3. The van der Waals surface area contributed by atoms with E-state index in [0.29, 0.717) is 17.5 Å². The van der Waals surface area contributed by atoms with Crippen molar-refractivity contribution < 1.29 is 14.3 Å². The van der Waals surface area contributed by atoms with Crippen LogP contribution >= 0.6 is 11.8 Å². The summed E-state index contributed by atoms with van der Waals surface area (Å²) >= 11 is 1.31. The molecule has 0 atom stereocenters. The maximum Gasteiger partial charge on any atom is 0.283 e. The Balaban J connectivity index is 1.31. The molecule has 6 nitrogen and oxygen atoms in total. The quantitative estimate of drug-likeness (QED) is 0.412. The van der Waals surface area contributed by atoms with Crippen LogP contribution in [0, 0.1) is 0 Å². The average Bonchev–Trinajstić information content (AvgIpc) is 3.57. The summed E-state index contributed by atoms with van der Waals surface area (Å²) in [5, 5.41) is 0.521. The summed E-state index contributed by atoms with van der Waals surface area (Å²) in [6.07, 6.45) is 3.87. The smallest absolute Gasteiger partial charge is 0.283 e. The molecule has 0 aliphatic carbocycles. The lowest BCUT2D eigenvalue weighted by molar-refractivity contribution is -0.127. The molecule has 1 saturated heterocycles. The Morgan fingerprint density at radius 1 is 0.917 bits per heavy atom. The molecule has 0 radical (unpaired) electrons. The van der Waals surface area contributed by atoms with Crippen LogP contribution in [0.3, 0.4) is 0 Å². The van der Waals surface area contributed by atoms with Gasteiger partial charge in [0.2, 0.25) is 5.91 Å².